The largest absolute Gasteiger partial charge is 0.269 e. The lowest BCUT2D eigenvalue weighted by molar-refractivity contribution is 0.409. The number of aromatic nitrogens is 7. The lowest BCUT2D eigenvalue weighted by atomic mass is 10.1. The van der Waals surface area contributed by atoms with Crippen LogP contribution in [0.4, 0.5) is 0 Å². The van der Waals surface area contributed by atoms with Gasteiger partial charge in [-0.2, -0.15) is 15.3 Å². The van der Waals surface area contributed by atoms with Crippen LogP contribution in [0.3, 0.4) is 0 Å². The lowest BCUT2D eigenvalue weighted by Crippen LogP contribution is -2.07. The molecule has 0 aliphatic rings. The predicted molar refractivity (Wildman–Crippen MR) is 119 cm³/mol. The van der Waals surface area contributed by atoms with Gasteiger partial charge in [-0.1, -0.05) is 34.1 Å². The number of hydrogen-bond donors (Lipinski definition) is 0. The van der Waals surface area contributed by atoms with Crippen molar-refractivity contribution in [3.63, 3.8) is 0 Å². The SMILES string of the molecule is CCCC(CC)n1cc(-c2cn3nccc3c(-c3cnn(C(CC)CC)c3)n2)cn1. The molecular formula is C23H31N7. The van der Waals surface area contributed by atoms with Crippen molar-refractivity contribution in [3.05, 3.63) is 43.2 Å². The summed E-state index contributed by atoms with van der Waals surface area (Å²) in [5.41, 5.74) is 4.77. The lowest BCUT2D eigenvalue weighted by Gasteiger charge is -2.14. The summed E-state index contributed by atoms with van der Waals surface area (Å²) < 4.78 is 6.04. The summed E-state index contributed by atoms with van der Waals surface area (Å²) in [4.78, 5) is 5.01. The first-order valence-electron chi connectivity index (χ1n) is 11.1. The first kappa shape index (κ1) is 20.3. The Labute approximate surface area is 177 Å². The van der Waals surface area contributed by atoms with Crippen LogP contribution in [0.1, 0.15) is 71.9 Å². The Morgan fingerprint density at radius 1 is 0.800 bits per heavy atom. The van der Waals surface area contributed by atoms with E-state index in [-0.39, 0.29) is 0 Å². The molecular weight excluding hydrogens is 374 g/mol. The molecule has 0 aromatic carbocycles. The molecule has 0 bridgehead atoms. The Morgan fingerprint density at radius 2 is 1.47 bits per heavy atom. The van der Waals surface area contributed by atoms with Gasteiger partial charge in [0.2, 0.25) is 0 Å². The molecule has 30 heavy (non-hydrogen) atoms. The number of hydrogen-bond acceptors (Lipinski definition) is 4. The van der Waals surface area contributed by atoms with Crippen LogP contribution in [0.2, 0.25) is 0 Å². The molecule has 1 unspecified atom stereocenters. The van der Waals surface area contributed by atoms with Gasteiger partial charge in [-0.25, -0.2) is 9.50 Å². The molecule has 7 nitrogen and oxygen atoms in total. The highest BCUT2D eigenvalue weighted by Gasteiger charge is 2.16. The third-order valence-electron chi connectivity index (χ3n) is 5.95. The molecule has 0 amide bonds. The quantitative estimate of drug-likeness (QED) is 0.365. The summed E-state index contributed by atoms with van der Waals surface area (Å²) >= 11 is 0. The fourth-order valence-electron chi connectivity index (χ4n) is 4.13. The molecule has 4 rings (SSSR count). The molecule has 7 heteroatoms. The third kappa shape index (κ3) is 3.76. The van der Waals surface area contributed by atoms with Gasteiger partial charge >= 0.3 is 0 Å². The zero-order chi connectivity index (χ0) is 21.1. The van der Waals surface area contributed by atoms with Crippen molar-refractivity contribution in [1.29, 1.82) is 0 Å². The molecule has 0 saturated heterocycles. The van der Waals surface area contributed by atoms with Gasteiger partial charge in [0.05, 0.1) is 53.8 Å². The Bertz CT molecular complexity index is 1100. The third-order valence-corrected chi connectivity index (χ3v) is 5.95. The molecule has 0 radical (unpaired) electrons. The van der Waals surface area contributed by atoms with Gasteiger partial charge in [-0.15, -0.1) is 0 Å². The first-order valence-corrected chi connectivity index (χ1v) is 11.1. The highest BCUT2D eigenvalue weighted by molar-refractivity contribution is 5.78. The smallest absolute Gasteiger partial charge is 0.0999 e. The Hall–Kier alpha value is -2.96. The van der Waals surface area contributed by atoms with E-state index in [0.717, 1.165) is 60.1 Å². The van der Waals surface area contributed by atoms with E-state index in [9.17, 15) is 0 Å². The highest BCUT2D eigenvalue weighted by Crippen LogP contribution is 2.28. The van der Waals surface area contributed by atoms with Gasteiger partial charge < -0.3 is 0 Å². The summed E-state index contributed by atoms with van der Waals surface area (Å²) in [6.07, 6.45) is 17.3. The Morgan fingerprint density at radius 3 is 2.17 bits per heavy atom. The maximum Gasteiger partial charge on any atom is 0.0999 e. The van der Waals surface area contributed by atoms with Crippen molar-refractivity contribution >= 4 is 5.52 Å². The van der Waals surface area contributed by atoms with Crippen LogP contribution in [0.5, 0.6) is 0 Å². The van der Waals surface area contributed by atoms with Gasteiger partial charge in [0.1, 0.15) is 0 Å². The van der Waals surface area contributed by atoms with E-state index < -0.39 is 0 Å². The topological polar surface area (TPSA) is 65.8 Å². The second-order valence-electron chi connectivity index (χ2n) is 7.87. The van der Waals surface area contributed by atoms with Crippen molar-refractivity contribution in [3.8, 4) is 22.5 Å². The Kier molecular flexibility index (Phi) is 5.97. The molecule has 1 atom stereocenters. The van der Waals surface area contributed by atoms with Crippen LogP contribution < -0.4 is 0 Å². The summed E-state index contributed by atoms with van der Waals surface area (Å²) in [7, 11) is 0. The standard InChI is InChI=1S/C23H31N7/c1-5-9-20(8-4)29-14-17(12-25-29)21-16-30-22(10-11-24-30)23(27-21)18-13-26-28(15-18)19(6-2)7-3/h10-16,19-20H,5-9H2,1-4H3. The maximum absolute atomic E-state index is 5.01. The van der Waals surface area contributed by atoms with Crippen LogP contribution >= 0.6 is 0 Å². The molecule has 158 valence electrons. The van der Waals surface area contributed by atoms with Gasteiger partial charge in [-0.3, -0.25) is 9.36 Å². The summed E-state index contributed by atoms with van der Waals surface area (Å²) in [5, 5.41) is 13.7. The fraction of sp³-hybridized carbons (Fsp3) is 0.478. The summed E-state index contributed by atoms with van der Waals surface area (Å²) in [5.74, 6) is 0. The molecule has 0 aliphatic carbocycles. The Balaban J connectivity index is 1.75. The van der Waals surface area contributed by atoms with E-state index in [1.54, 1.807) is 0 Å². The minimum absolute atomic E-state index is 0.408. The zero-order valence-corrected chi connectivity index (χ0v) is 18.4. The van der Waals surface area contributed by atoms with Gasteiger partial charge in [0.15, 0.2) is 0 Å². The van der Waals surface area contributed by atoms with Gasteiger partial charge in [0, 0.05) is 23.5 Å². The highest BCUT2D eigenvalue weighted by atomic mass is 15.3. The van der Waals surface area contributed by atoms with E-state index in [1.165, 1.54) is 0 Å². The average Bonchev–Trinajstić information content (AvgIpc) is 3.52. The normalized spacial score (nSPS) is 12.8. The van der Waals surface area contributed by atoms with Crippen LogP contribution in [0, 0.1) is 0 Å². The van der Waals surface area contributed by atoms with E-state index in [0.29, 0.717) is 12.1 Å². The molecule has 0 aliphatic heterocycles. The van der Waals surface area contributed by atoms with Crippen LogP contribution in [-0.2, 0) is 0 Å². The van der Waals surface area contributed by atoms with Gasteiger partial charge in [0.25, 0.3) is 0 Å². The number of fused-ring (bicyclic) bond motifs is 1. The molecule has 4 heterocycles. The van der Waals surface area contributed by atoms with E-state index in [2.05, 4.69) is 64.7 Å². The van der Waals surface area contributed by atoms with Crippen molar-refractivity contribution < 1.29 is 0 Å². The van der Waals surface area contributed by atoms with Crippen LogP contribution in [0.25, 0.3) is 28.0 Å². The minimum Gasteiger partial charge on any atom is -0.269 e. The van der Waals surface area contributed by atoms with Crippen molar-refractivity contribution in [2.45, 2.75) is 71.9 Å². The second-order valence-corrected chi connectivity index (χ2v) is 7.87. The monoisotopic (exact) mass is 405 g/mol. The average molecular weight is 406 g/mol. The van der Waals surface area contributed by atoms with E-state index in [4.69, 9.17) is 4.98 Å². The first-order chi connectivity index (χ1) is 14.7. The summed E-state index contributed by atoms with van der Waals surface area (Å²) in [6.45, 7) is 8.83. The fourth-order valence-corrected chi connectivity index (χ4v) is 4.13. The van der Waals surface area contributed by atoms with Crippen LogP contribution in [0.15, 0.2) is 43.2 Å². The van der Waals surface area contributed by atoms with E-state index >= 15 is 0 Å². The minimum atomic E-state index is 0.408. The molecule has 4 aromatic rings. The maximum atomic E-state index is 5.01. The zero-order valence-electron chi connectivity index (χ0n) is 18.4. The molecule has 0 saturated carbocycles. The van der Waals surface area contributed by atoms with Gasteiger partial charge in [-0.05, 0) is 31.7 Å². The van der Waals surface area contributed by atoms with Crippen molar-refractivity contribution in [1.82, 2.24) is 34.2 Å². The number of nitrogens with zero attached hydrogens (tertiary/aromatic N) is 7. The predicted octanol–water partition coefficient (Wildman–Crippen LogP) is 5.57. The summed E-state index contributed by atoms with van der Waals surface area (Å²) in [6, 6.07) is 2.83. The molecule has 0 fully saturated rings. The number of rotatable bonds is 9. The van der Waals surface area contributed by atoms with E-state index in [1.807, 2.05) is 35.4 Å². The molecule has 0 N–H and O–H groups in total. The van der Waals surface area contributed by atoms with Crippen molar-refractivity contribution in [2.75, 3.05) is 0 Å². The molecule has 4 aromatic heterocycles. The molecule has 0 spiro atoms. The van der Waals surface area contributed by atoms with Crippen molar-refractivity contribution in [2.24, 2.45) is 0 Å². The van der Waals surface area contributed by atoms with Crippen LogP contribution in [-0.4, -0.2) is 34.2 Å². The second kappa shape index (κ2) is 8.81.